The number of anilines is 2. The number of hydrogen-bond donors (Lipinski definition) is 1. The molecule has 0 fully saturated rings. The molecular formula is C16H12Cl2N4O2S. The van der Waals surface area contributed by atoms with Crippen LogP contribution >= 0.6 is 34.5 Å². The molecular weight excluding hydrogens is 383 g/mol. The summed E-state index contributed by atoms with van der Waals surface area (Å²) < 4.78 is 5.20. The molecule has 0 amide bonds. The SMILES string of the molecule is CCOC(=O)c1c(-c2ccccc2)csc1Nc1nc(Cl)nc(Cl)n1. The van der Waals surface area contributed by atoms with Gasteiger partial charge in [0.05, 0.1) is 6.61 Å². The highest BCUT2D eigenvalue weighted by molar-refractivity contribution is 7.15. The van der Waals surface area contributed by atoms with E-state index in [1.807, 2.05) is 35.7 Å². The molecule has 3 rings (SSSR count). The van der Waals surface area contributed by atoms with Crippen molar-refractivity contribution in [2.45, 2.75) is 6.92 Å². The summed E-state index contributed by atoms with van der Waals surface area (Å²) in [7, 11) is 0. The normalized spacial score (nSPS) is 10.5. The fourth-order valence-electron chi connectivity index (χ4n) is 2.17. The Morgan fingerprint density at radius 3 is 2.48 bits per heavy atom. The van der Waals surface area contributed by atoms with Crippen LogP contribution in [0.4, 0.5) is 10.9 Å². The van der Waals surface area contributed by atoms with Gasteiger partial charge in [-0.2, -0.15) is 15.0 Å². The maximum atomic E-state index is 12.5. The highest BCUT2D eigenvalue weighted by atomic mass is 35.5. The summed E-state index contributed by atoms with van der Waals surface area (Å²) in [4.78, 5) is 24.1. The number of rotatable bonds is 5. The summed E-state index contributed by atoms with van der Waals surface area (Å²) >= 11 is 12.9. The standard InChI is InChI=1S/C16H12Cl2N4O2S/c1-2-24-13(23)11-10(9-6-4-3-5-7-9)8-25-12(11)19-16-21-14(17)20-15(18)22-16/h3-8H,2H2,1H3,(H,19,20,21,22). The van der Waals surface area contributed by atoms with Crippen molar-refractivity contribution in [2.75, 3.05) is 11.9 Å². The highest BCUT2D eigenvalue weighted by Gasteiger charge is 2.22. The van der Waals surface area contributed by atoms with Crippen LogP contribution in [0.5, 0.6) is 0 Å². The second kappa shape index (κ2) is 7.77. The third-order valence-electron chi connectivity index (χ3n) is 3.16. The number of carbonyl (C=O) groups is 1. The molecule has 0 aliphatic heterocycles. The number of carbonyl (C=O) groups excluding carboxylic acids is 1. The molecule has 0 radical (unpaired) electrons. The van der Waals surface area contributed by atoms with Crippen LogP contribution in [0.2, 0.25) is 10.6 Å². The number of aromatic nitrogens is 3. The maximum Gasteiger partial charge on any atom is 0.341 e. The van der Waals surface area contributed by atoms with E-state index < -0.39 is 5.97 Å². The number of esters is 1. The van der Waals surface area contributed by atoms with E-state index in [-0.39, 0.29) is 23.1 Å². The van der Waals surface area contributed by atoms with Gasteiger partial charge >= 0.3 is 5.97 Å². The zero-order valence-electron chi connectivity index (χ0n) is 13.0. The van der Waals surface area contributed by atoms with E-state index in [0.717, 1.165) is 11.1 Å². The summed E-state index contributed by atoms with van der Waals surface area (Å²) in [5, 5.41) is 5.29. The van der Waals surface area contributed by atoms with Crippen molar-refractivity contribution in [3.8, 4) is 11.1 Å². The molecule has 2 aromatic heterocycles. The van der Waals surface area contributed by atoms with Gasteiger partial charge in [-0.05, 0) is 35.7 Å². The van der Waals surface area contributed by atoms with E-state index in [1.165, 1.54) is 11.3 Å². The average Bonchev–Trinajstić information content (AvgIpc) is 2.98. The molecule has 0 aliphatic rings. The number of halogens is 2. The zero-order chi connectivity index (χ0) is 17.8. The summed E-state index contributed by atoms with van der Waals surface area (Å²) in [6, 6.07) is 9.56. The Morgan fingerprint density at radius 1 is 1.16 bits per heavy atom. The zero-order valence-corrected chi connectivity index (χ0v) is 15.3. The van der Waals surface area contributed by atoms with E-state index >= 15 is 0 Å². The van der Waals surface area contributed by atoms with Crippen molar-refractivity contribution in [2.24, 2.45) is 0 Å². The number of hydrogen-bond acceptors (Lipinski definition) is 7. The summed E-state index contributed by atoms with van der Waals surface area (Å²) in [5.41, 5.74) is 2.07. The molecule has 9 heteroatoms. The lowest BCUT2D eigenvalue weighted by molar-refractivity contribution is 0.0529. The summed E-state index contributed by atoms with van der Waals surface area (Å²) in [5.74, 6) is -0.284. The van der Waals surface area contributed by atoms with Gasteiger partial charge in [-0.25, -0.2) is 4.79 Å². The lowest BCUT2D eigenvalue weighted by Crippen LogP contribution is -2.08. The Bertz CT molecular complexity index is 882. The van der Waals surface area contributed by atoms with Crippen LogP contribution in [0.1, 0.15) is 17.3 Å². The minimum Gasteiger partial charge on any atom is -0.462 e. The average molecular weight is 395 g/mol. The van der Waals surface area contributed by atoms with Crippen LogP contribution in [0.25, 0.3) is 11.1 Å². The Labute approximate surface area is 157 Å². The van der Waals surface area contributed by atoms with Gasteiger partial charge in [0, 0.05) is 10.9 Å². The van der Waals surface area contributed by atoms with E-state index in [1.54, 1.807) is 6.92 Å². The molecule has 128 valence electrons. The molecule has 0 spiro atoms. The fourth-order valence-corrected chi connectivity index (χ4v) is 3.48. The quantitative estimate of drug-likeness (QED) is 0.624. The van der Waals surface area contributed by atoms with Crippen molar-refractivity contribution in [1.29, 1.82) is 0 Å². The molecule has 25 heavy (non-hydrogen) atoms. The highest BCUT2D eigenvalue weighted by Crippen LogP contribution is 2.37. The van der Waals surface area contributed by atoms with E-state index in [4.69, 9.17) is 27.9 Å². The van der Waals surface area contributed by atoms with Gasteiger partial charge in [0.15, 0.2) is 0 Å². The van der Waals surface area contributed by atoms with Crippen molar-refractivity contribution < 1.29 is 9.53 Å². The molecule has 0 unspecified atom stereocenters. The Balaban J connectivity index is 2.04. The molecule has 0 saturated carbocycles. The predicted molar refractivity (Wildman–Crippen MR) is 98.8 cm³/mol. The van der Waals surface area contributed by atoms with Gasteiger partial charge in [-0.1, -0.05) is 30.3 Å². The van der Waals surface area contributed by atoms with Crippen LogP contribution < -0.4 is 5.32 Å². The minimum atomic E-state index is -0.434. The van der Waals surface area contributed by atoms with E-state index in [9.17, 15) is 4.79 Å². The van der Waals surface area contributed by atoms with E-state index in [0.29, 0.717) is 10.6 Å². The Morgan fingerprint density at radius 2 is 1.84 bits per heavy atom. The molecule has 0 bridgehead atoms. The Hall–Kier alpha value is -2.22. The predicted octanol–water partition coefficient (Wildman–Crippen LogP) is 4.83. The van der Waals surface area contributed by atoms with Crippen LogP contribution in [0.15, 0.2) is 35.7 Å². The number of nitrogens with zero attached hydrogens (tertiary/aromatic N) is 3. The van der Waals surface area contributed by atoms with Gasteiger partial charge in [0.2, 0.25) is 16.5 Å². The van der Waals surface area contributed by atoms with Crippen molar-refractivity contribution in [3.63, 3.8) is 0 Å². The molecule has 1 aromatic carbocycles. The topological polar surface area (TPSA) is 77.0 Å². The fraction of sp³-hybridized carbons (Fsp3) is 0.125. The molecule has 6 nitrogen and oxygen atoms in total. The number of benzene rings is 1. The van der Waals surface area contributed by atoms with Crippen LogP contribution in [0, 0.1) is 0 Å². The second-order valence-corrected chi connectivity index (χ2v) is 6.32. The van der Waals surface area contributed by atoms with Crippen molar-refractivity contribution in [3.05, 3.63) is 51.8 Å². The van der Waals surface area contributed by atoms with Gasteiger partial charge in [-0.3, -0.25) is 0 Å². The van der Waals surface area contributed by atoms with E-state index in [2.05, 4.69) is 20.3 Å². The van der Waals surface area contributed by atoms with Gasteiger partial charge < -0.3 is 10.1 Å². The van der Waals surface area contributed by atoms with Crippen molar-refractivity contribution >= 4 is 51.5 Å². The molecule has 1 N–H and O–H groups in total. The molecule has 0 saturated heterocycles. The third kappa shape index (κ3) is 4.07. The first-order valence-corrected chi connectivity index (χ1v) is 8.90. The van der Waals surface area contributed by atoms with Crippen LogP contribution in [-0.4, -0.2) is 27.5 Å². The van der Waals surface area contributed by atoms with Crippen LogP contribution in [0.3, 0.4) is 0 Å². The van der Waals surface area contributed by atoms with Gasteiger partial charge in [0.1, 0.15) is 10.6 Å². The lowest BCUT2D eigenvalue weighted by Gasteiger charge is -2.08. The first-order valence-electron chi connectivity index (χ1n) is 7.26. The second-order valence-electron chi connectivity index (χ2n) is 4.76. The smallest absolute Gasteiger partial charge is 0.341 e. The monoisotopic (exact) mass is 394 g/mol. The van der Waals surface area contributed by atoms with Crippen molar-refractivity contribution in [1.82, 2.24) is 15.0 Å². The number of thiophene rings is 1. The minimum absolute atomic E-state index is 0.0416. The summed E-state index contributed by atoms with van der Waals surface area (Å²) in [6.07, 6.45) is 0. The van der Waals surface area contributed by atoms with Gasteiger partial charge in [0.25, 0.3) is 0 Å². The number of ether oxygens (including phenoxy) is 1. The molecule has 0 aliphatic carbocycles. The Kier molecular flexibility index (Phi) is 5.47. The molecule has 0 atom stereocenters. The summed E-state index contributed by atoms with van der Waals surface area (Å²) in [6.45, 7) is 2.02. The first-order chi connectivity index (χ1) is 12.1. The maximum absolute atomic E-state index is 12.5. The largest absolute Gasteiger partial charge is 0.462 e. The molecule has 2 heterocycles. The molecule has 3 aromatic rings. The number of nitrogens with one attached hydrogen (secondary N) is 1. The third-order valence-corrected chi connectivity index (χ3v) is 4.40. The first kappa shape index (κ1) is 17.6. The lowest BCUT2D eigenvalue weighted by atomic mass is 10.0. The van der Waals surface area contributed by atoms with Gasteiger partial charge in [-0.15, -0.1) is 11.3 Å². The van der Waals surface area contributed by atoms with Crippen LogP contribution in [-0.2, 0) is 4.74 Å².